The van der Waals surface area contributed by atoms with Crippen molar-refractivity contribution in [1.82, 2.24) is 0 Å². The number of hydrogen-bond donors (Lipinski definition) is 3. The molecule has 0 aliphatic rings. The normalized spacial score (nSPS) is 10.1. The van der Waals surface area contributed by atoms with Crippen LogP contribution in [0, 0.1) is 5.82 Å². The van der Waals surface area contributed by atoms with Crippen LogP contribution in [0.2, 0.25) is 0 Å². The molecule has 18 heavy (non-hydrogen) atoms. The molecule has 92 valence electrons. The molecule has 0 radical (unpaired) electrons. The van der Waals surface area contributed by atoms with Gasteiger partial charge in [0.2, 0.25) is 0 Å². The van der Waals surface area contributed by atoms with Gasteiger partial charge in [-0.15, -0.1) is 0 Å². The summed E-state index contributed by atoms with van der Waals surface area (Å²) in [4.78, 5) is 11.1. The van der Waals surface area contributed by atoms with E-state index in [2.05, 4.69) is 5.32 Å². The average Bonchev–Trinajstić information content (AvgIpc) is 2.34. The molecule has 0 unspecified atom stereocenters. The lowest BCUT2D eigenvalue weighted by molar-refractivity contribution is 0.100. The lowest BCUT2D eigenvalue weighted by Gasteiger charge is -2.11. The summed E-state index contributed by atoms with van der Waals surface area (Å²) in [5.41, 5.74) is 12.8. The van der Waals surface area contributed by atoms with Crippen molar-refractivity contribution in [2.45, 2.75) is 0 Å². The number of nitrogen functional groups attached to an aromatic ring is 1. The summed E-state index contributed by atoms with van der Waals surface area (Å²) in [6.07, 6.45) is 0. The maximum atomic E-state index is 12.8. The van der Waals surface area contributed by atoms with E-state index in [1.54, 1.807) is 30.3 Å². The fraction of sp³-hybridized carbons (Fsp3) is 0. The number of benzene rings is 2. The summed E-state index contributed by atoms with van der Waals surface area (Å²) in [5, 5.41) is 3.00. The van der Waals surface area contributed by atoms with Crippen LogP contribution in [0.5, 0.6) is 0 Å². The number of para-hydroxylation sites is 1. The fourth-order valence-corrected chi connectivity index (χ4v) is 1.58. The predicted octanol–water partition coefficient (Wildman–Crippen LogP) is 2.25. The molecule has 5 heteroatoms. The van der Waals surface area contributed by atoms with Gasteiger partial charge in [0, 0.05) is 5.69 Å². The Balaban J connectivity index is 2.32. The van der Waals surface area contributed by atoms with Crippen molar-refractivity contribution in [2.24, 2.45) is 5.73 Å². The Morgan fingerprint density at radius 1 is 1.11 bits per heavy atom. The fourth-order valence-electron chi connectivity index (χ4n) is 1.58. The first kappa shape index (κ1) is 11.9. The largest absolute Gasteiger partial charge is 0.396 e. The zero-order chi connectivity index (χ0) is 13.1. The van der Waals surface area contributed by atoms with Crippen molar-refractivity contribution in [3.63, 3.8) is 0 Å². The summed E-state index contributed by atoms with van der Waals surface area (Å²) < 4.78 is 12.8. The van der Waals surface area contributed by atoms with Crippen molar-refractivity contribution in [1.29, 1.82) is 0 Å². The monoisotopic (exact) mass is 245 g/mol. The standard InChI is InChI=1S/C13H12FN3O/c14-8-4-6-9(7-5-8)17-11-3-1-2-10(12(11)15)13(16)18/h1-7,17H,15H2,(H2,16,18). The molecule has 5 N–H and O–H groups in total. The summed E-state index contributed by atoms with van der Waals surface area (Å²) in [5.74, 6) is -0.908. The van der Waals surface area contributed by atoms with Crippen LogP contribution in [-0.4, -0.2) is 5.91 Å². The maximum absolute atomic E-state index is 12.8. The second kappa shape index (κ2) is 4.75. The molecule has 0 aliphatic carbocycles. The smallest absolute Gasteiger partial charge is 0.250 e. The average molecular weight is 245 g/mol. The molecule has 1 amide bonds. The Bertz CT molecular complexity index is 581. The number of nitrogens with two attached hydrogens (primary N) is 2. The molecule has 0 atom stereocenters. The third kappa shape index (κ3) is 2.40. The van der Waals surface area contributed by atoms with Gasteiger partial charge in [-0.2, -0.15) is 0 Å². The van der Waals surface area contributed by atoms with Crippen LogP contribution >= 0.6 is 0 Å². The zero-order valence-electron chi connectivity index (χ0n) is 9.48. The number of carbonyl (C=O) groups is 1. The van der Waals surface area contributed by atoms with Gasteiger partial charge in [-0.05, 0) is 36.4 Å². The van der Waals surface area contributed by atoms with E-state index in [1.807, 2.05) is 0 Å². The van der Waals surface area contributed by atoms with Crippen LogP contribution < -0.4 is 16.8 Å². The van der Waals surface area contributed by atoms with Crippen LogP contribution in [0.25, 0.3) is 0 Å². The summed E-state index contributed by atoms with van der Waals surface area (Å²) in [6.45, 7) is 0. The van der Waals surface area contributed by atoms with Crippen molar-refractivity contribution in [3.8, 4) is 0 Å². The van der Waals surface area contributed by atoms with Gasteiger partial charge in [-0.25, -0.2) is 4.39 Å². The molecule has 0 fully saturated rings. The molecule has 0 bridgehead atoms. The molecule has 0 aliphatic heterocycles. The van der Waals surface area contributed by atoms with Gasteiger partial charge >= 0.3 is 0 Å². The summed E-state index contributed by atoms with van der Waals surface area (Å²) >= 11 is 0. The molecule has 2 aromatic carbocycles. The van der Waals surface area contributed by atoms with Crippen molar-refractivity contribution >= 4 is 23.0 Å². The van der Waals surface area contributed by atoms with E-state index in [0.29, 0.717) is 11.4 Å². The highest BCUT2D eigenvalue weighted by atomic mass is 19.1. The van der Waals surface area contributed by atoms with Gasteiger partial charge in [0.25, 0.3) is 5.91 Å². The third-order valence-corrected chi connectivity index (χ3v) is 2.49. The number of amides is 1. The molecule has 0 aromatic heterocycles. The molecule has 0 heterocycles. The van der Waals surface area contributed by atoms with Gasteiger partial charge in [0.15, 0.2) is 0 Å². The molecule has 2 rings (SSSR count). The Labute approximate surface area is 103 Å². The first-order valence-electron chi connectivity index (χ1n) is 5.29. The minimum absolute atomic E-state index is 0.252. The molecular formula is C13H12FN3O. The molecule has 0 saturated carbocycles. The summed E-state index contributed by atoms with van der Waals surface area (Å²) in [6, 6.07) is 10.7. The highest BCUT2D eigenvalue weighted by Crippen LogP contribution is 2.26. The van der Waals surface area contributed by atoms with Crippen LogP contribution in [0.15, 0.2) is 42.5 Å². The SMILES string of the molecule is NC(=O)c1cccc(Nc2ccc(F)cc2)c1N. The van der Waals surface area contributed by atoms with E-state index in [1.165, 1.54) is 12.1 Å². The second-order valence-electron chi connectivity index (χ2n) is 3.76. The molecular weight excluding hydrogens is 233 g/mol. The van der Waals surface area contributed by atoms with E-state index in [4.69, 9.17) is 11.5 Å². The first-order chi connectivity index (χ1) is 8.58. The molecule has 0 saturated heterocycles. The van der Waals surface area contributed by atoms with Crippen LogP contribution in [0.1, 0.15) is 10.4 Å². The number of carbonyl (C=O) groups excluding carboxylic acids is 1. The number of nitrogens with one attached hydrogen (secondary N) is 1. The van der Waals surface area contributed by atoms with Crippen LogP contribution in [0.3, 0.4) is 0 Å². The maximum Gasteiger partial charge on any atom is 0.250 e. The zero-order valence-corrected chi connectivity index (χ0v) is 9.48. The van der Waals surface area contributed by atoms with E-state index in [-0.39, 0.29) is 17.1 Å². The van der Waals surface area contributed by atoms with E-state index in [0.717, 1.165) is 0 Å². The Morgan fingerprint density at radius 3 is 2.39 bits per heavy atom. The third-order valence-electron chi connectivity index (χ3n) is 2.49. The number of rotatable bonds is 3. The lowest BCUT2D eigenvalue weighted by atomic mass is 10.1. The lowest BCUT2D eigenvalue weighted by Crippen LogP contribution is -2.14. The van der Waals surface area contributed by atoms with E-state index >= 15 is 0 Å². The first-order valence-corrected chi connectivity index (χ1v) is 5.29. The van der Waals surface area contributed by atoms with Crippen molar-refractivity contribution < 1.29 is 9.18 Å². The van der Waals surface area contributed by atoms with Crippen LogP contribution in [0.4, 0.5) is 21.5 Å². The van der Waals surface area contributed by atoms with Crippen molar-refractivity contribution in [3.05, 3.63) is 53.8 Å². The molecule has 2 aromatic rings. The highest BCUT2D eigenvalue weighted by molar-refractivity contribution is 6.01. The minimum Gasteiger partial charge on any atom is -0.396 e. The van der Waals surface area contributed by atoms with Crippen LogP contribution in [-0.2, 0) is 0 Å². The van der Waals surface area contributed by atoms with E-state index in [9.17, 15) is 9.18 Å². The molecule has 0 spiro atoms. The Hall–Kier alpha value is -2.56. The topological polar surface area (TPSA) is 81.1 Å². The van der Waals surface area contributed by atoms with Gasteiger partial charge in [0.1, 0.15) is 5.82 Å². The van der Waals surface area contributed by atoms with Gasteiger partial charge in [-0.3, -0.25) is 4.79 Å². The highest BCUT2D eigenvalue weighted by Gasteiger charge is 2.09. The number of anilines is 3. The second-order valence-corrected chi connectivity index (χ2v) is 3.76. The Kier molecular flexibility index (Phi) is 3.14. The predicted molar refractivity (Wildman–Crippen MR) is 69.1 cm³/mol. The minimum atomic E-state index is -0.588. The van der Waals surface area contributed by atoms with Gasteiger partial charge in [-0.1, -0.05) is 6.07 Å². The van der Waals surface area contributed by atoms with Crippen molar-refractivity contribution in [2.75, 3.05) is 11.1 Å². The quantitative estimate of drug-likeness (QED) is 0.725. The summed E-state index contributed by atoms with van der Waals surface area (Å²) in [7, 11) is 0. The Morgan fingerprint density at radius 2 is 1.78 bits per heavy atom. The van der Waals surface area contributed by atoms with E-state index < -0.39 is 5.91 Å². The molecule has 4 nitrogen and oxygen atoms in total. The number of primary amides is 1. The van der Waals surface area contributed by atoms with Gasteiger partial charge < -0.3 is 16.8 Å². The van der Waals surface area contributed by atoms with Gasteiger partial charge in [0.05, 0.1) is 16.9 Å². The number of halogens is 1. The number of hydrogen-bond acceptors (Lipinski definition) is 3.